The molecule has 35 heavy (non-hydrogen) atoms. The predicted molar refractivity (Wildman–Crippen MR) is 133 cm³/mol. The Labute approximate surface area is 208 Å². The molecular weight excluding hydrogens is 440 g/mol. The van der Waals surface area contributed by atoms with Gasteiger partial charge in [-0.25, -0.2) is 4.68 Å². The average Bonchev–Trinajstić information content (AvgIpc) is 3.26. The lowest BCUT2D eigenvalue weighted by Gasteiger charge is -2.56. The van der Waals surface area contributed by atoms with Crippen molar-refractivity contribution >= 4 is 5.91 Å². The Kier molecular flexibility index (Phi) is 6.54. The Morgan fingerprint density at radius 2 is 1.71 bits per heavy atom. The summed E-state index contributed by atoms with van der Waals surface area (Å²) >= 11 is 0. The first-order chi connectivity index (χ1) is 17.2. The topological polar surface area (TPSA) is 68.6 Å². The molecule has 5 aliphatic rings. The van der Waals surface area contributed by atoms with Crippen LogP contribution in [0, 0.1) is 17.8 Å². The summed E-state index contributed by atoms with van der Waals surface area (Å²) in [4.78, 5) is 16.0. The zero-order valence-corrected chi connectivity index (χ0v) is 20.7. The average molecular weight is 479 g/mol. The van der Waals surface area contributed by atoms with Gasteiger partial charge in [0.1, 0.15) is 12.2 Å². The minimum atomic E-state index is -0.0248. The number of hydrogen-bond donors (Lipinski definition) is 1. The van der Waals surface area contributed by atoms with E-state index in [2.05, 4.69) is 39.6 Å². The van der Waals surface area contributed by atoms with Crippen LogP contribution in [0.3, 0.4) is 0 Å². The van der Waals surface area contributed by atoms with Gasteiger partial charge in [0.15, 0.2) is 0 Å². The Morgan fingerprint density at radius 3 is 2.40 bits per heavy atom. The van der Waals surface area contributed by atoms with Gasteiger partial charge in [0.05, 0.1) is 19.4 Å². The number of benzene rings is 1. The molecule has 1 aromatic carbocycles. The van der Waals surface area contributed by atoms with Gasteiger partial charge in [0, 0.05) is 31.7 Å². The zero-order chi connectivity index (χ0) is 23.7. The Balaban J connectivity index is 1.17. The summed E-state index contributed by atoms with van der Waals surface area (Å²) in [5.74, 6) is 2.97. The van der Waals surface area contributed by atoms with E-state index in [1.165, 1.54) is 24.8 Å². The molecule has 4 saturated carbocycles. The lowest BCUT2D eigenvalue weighted by atomic mass is 9.53. The number of morpholine rings is 1. The van der Waals surface area contributed by atoms with E-state index in [9.17, 15) is 4.79 Å². The summed E-state index contributed by atoms with van der Waals surface area (Å²) < 4.78 is 13.6. The van der Waals surface area contributed by atoms with Crippen LogP contribution in [0.15, 0.2) is 36.5 Å². The molecule has 4 aliphatic carbocycles. The molecule has 1 aliphatic heterocycles. The number of aryl methyl sites for hydroxylation is 2. The molecule has 7 heteroatoms. The number of ether oxygens (including phenoxy) is 2. The highest BCUT2D eigenvalue weighted by atomic mass is 16.5. The molecule has 2 aromatic rings. The fourth-order valence-electron chi connectivity index (χ4n) is 7.39. The predicted octanol–water partition coefficient (Wildman–Crippen LogP) is 3.54. The molecule has 0 spiro atoms. The zero-order valence-electron chi connectivity index (χ0n) is 20.7. The van der Waals surface area contributed by atoms with Crippen molar-refractivity contribution in [1.82, 2.24) is 20.0 Å². The summed E-state index contributed by atoms with van der Waals surface area (Å²) in [5, 5.41) is 8.12. The Bertz CT molecular complexity index is 979. The van der Waals surface area contributed by atoms with E-state index in [0.717, 1.165) is 76.3 Å². The number of rotatable bonds is 9. The summed E-state index contributed by atoms with van der Waals surface area (Å²) in [6, 6.07) is 10.4. The second kappa shape index (κ2) is 9.94. The van der Waals surface area contributed by atoms with Crippen LogP contribution in [0.25, 0.3) is 0 Å². The van der Waals surface area contributed by atoms with E-state index >= 15 is 0 Å². The largest absolute Gasteiger partial charge is 0.476 e. The van der Waals surface area contributed by atoms with Gasteiger partial charge in [-0.3, -0.25) is 9.69 Å². The summed E-state index contributed by atoms with van der Waals surface area (Å²) in [7, 11) is 0. The van der Waals surface area contributed by atoms with E-state index in [0.29, 0.717) is 24.6 Å². The second-order valence-electron chi connectivity index (χ2n) is 11.3. The minimum absolute atomic E-state index is 0.0146. The van der Waals surface area contributed by atoms with Gasteiger partial charge < -0.3 is 14.8 Å². The minimum Gasteiger partial charge on any atom is -0.476 e. The van der Waals surface area contributed by atoms with Crippen molar-refractivity contribution < 1.29 is 14.3 Å². The van der Waals surface area contributed by atoms with Crippen molar-refractivity contribution in [3.8, 4) is 5.88 Å². The molecule has 1 amide bonds. The molecule has 1 saturated heterocycles. The number of carbonyl (C=O) groups is 1. The third-order valence-corrected chi connectivity index (χ3v) is 8.66. The molecule has 1 aromatic heterocycles. The van der Waals surface area contributed by atoms with Gasteiger partial charge >= 0.3 is 0 Å². The first-order valence-corrected chi connectivity index (χ1v) is 13.5. The third-order valence-electron chi connectivity index (χ3n) is 8.66. The molecular formula is C28H38N4O3. The molecule has 7 rings (SSSR count). The van der Waals surface area contributed by atoms with Crippen LogP contribution in [-0.4, -0.2) is 65.6 Å². The van der Waals surface area contributed by atoms with Gasteiger partial charge in [-0.05, 0) is 68.3 Å². The first kappa shape index (κ1) is 23.0. The van der Waals surface area contributed by atoms with Crippen LogP contribution < -0.4 is 10.1 Å². The molecule has 0 atom stereocenters. The molecule has 2 heterocycles. The summed E-state index contributed by atoms with van der Waals surface area (Å²) in [6.07, 6.45) is 10.1. The van der Waals surface area contributed by atoms with Gasteiger partial charge in [0.25, 0.3) is 5.91 Å². The van der Waals surface area contributed by atoms with Crippen LogP contribution in [0.1, 0.15) is 54.4 Å². The maximum atomic E-state index is 13.6. The number of amides is 1. The molecule has 1 N–H and O–H groups in total. The van der Waals surface area contributed by atoms with Crippen LogP contribution in [0.2, 0.25) is 0 Å². The van der Waals surface area contributed by atoms with Crippen LogP contribution in [-0.2, 0) is 17.7 Å². The summed E-state index contributed by atoms with van der Waals surface area (Å²) in [5.41, 5.74) is 1.81. The lowest BCUT2D eigenvalue weighted by Crippen LogP contribution is -2.59. The van der Waals surface area contributed by atoms with Crippen LogP contribution >= 0.6 is 0 Å². The van der Waals surface area contributed by atoms with Crippen molar-refractivity contribution in [3.05, 3.63) is 47.7 Å². The van der Waals surface area contributed by atoms with Crippen molar-refractivity contribution in [1.29, 1.82) is 0 Å². The molecule has 0 radical (unpaired) electrons. The first-order valence-electron chi connectivity index (χ1n) is 13.5. The molecule has 0 unspecified atom stereocenters. The molecule has 4 bridgehead atoms. The smallest absolute Gasteiger partial charge is 0.258 e. The highest BCUT2D eigenvalue weighted by molar-refractivity contribution is 5.96. The van der Waals surface area contributed by atoms with Crippen molar-refractivity contribution in [3.63, 3.8) is 0 Å². The van der Waals surface area contributed by atoms with E-state index in [-0.39, 0.29) is 11.4 Å². The third kappa shape index (κ3) is 5.12. The van der Waals surface area contributed by atoms with E-state index in [4.69, 9.17) is 9.47 Å². The SMILES string of the molecule is O=C(NC12CC3CC(CC(C3)C1)C2)c1cnn(CCc2ccccc2)c1OCCN1CCOCC1. The van der Waals surface area contributed by atoms with Crippen LogP contribution in [0.5, 0.6) is 5.88 Å². The second-order valence-corrected chi connectivity index (χ2v) is 11.3. The molecule has 7 nitrogen and oxygen atoms in total. The van der Waals surface area contributed by atoms with Crippen molar-refractivity contribution in [2.45, 2.75) is 57.0 Å². The van der Waals surface area contributed by atoms with E-state index < -0.39 is 0 Å². The van der Waals surface area contributed by atoms with Gasteiger partial charge in [-0.2, -0.15) is 5.10 Å². The van der Waals surface area contributed by atoms with E-state index in [1.807, 2.05) is 10.7 Å². The highest BCUT2D eigenvalue weighted by Gasteiger charge is 2.51. The van der Waals surface area contributed by atoms with Gasteiger partial charge in [0.2, 0.25) is 5.88 Å². The fourth-order valence-corrected chi connectivity index (χ4v) is 7.39. The fraction of sp³-hybridized carbons (Fsp3) is 0.643. The molecule has 188 valence electrons. The standard InChI is InChI=1S/C28H38N4O3/c33-26(30-28-17-22-14-23(18-28)16-24(15-22)19-28)25-20-29-32(7-6-21-4-2-1-3-5-21)27(25)35-13-10-31-8-11-34-12-9-31/h1-5,20,22-24H,6-19H2,(H,30,33). The number of aromatic nitrogens is 2. The normalized spacial score (nSPS) is 29.9. The number of carbonyl (C=O) groups excluding carboxylic acids is 1. The van der Waals surface area contributed by atoms with Gasteiger partial charge in [-0.1, -0.05) is 30.3 Å². The maximum absolute atomic E-state index is 13.6. The number of nitrogens with zero attached hydrogens (tertiary/aromatic N) is 3. The van der Waals surface area contributed by atoms with E-state index in [1.54, 1.807) is 6.20 Å². The monoisotopic (exact) mass is 478 g/mol. The quantitative estimate of drug-likeness (QED) is 0.597. The van der Waals surface area contributed by atoms with Crippen molar-refractivity contribution in [2.24, 2.45) is 17.8 Å². The summed E-state index contributed by atoms with van der Waals surface area (Å²) in [6.45, 7) is 5.44. The number of hydrogen-bond acceptors (Lipinski definition) is 5. The maximum Gasteiger partial charge on any atom is 0.258 e. The Morgan fingerprint density at radius 1 is 1.03 bits per heavy atom. The van der Waals surface area contributed by atoms with Gasteiger partial charge in [-0.15, -0.1) is 0 Å². The van der Waals surface area contributed by atoms with Crippen molar-refractivity contribution in [2.75, 3.05) is 39.5 Å². The van der Waals surface area contributed by atoms with Crippen LogP contribution in [0.4, 0.5) is 0 Å². The number of nitrogens with one attached hydrogen (secondary N) is 1. The highest BCUT2D eigenvalue weighted by Crippen LogP contribution is 2.55. The Hall–Kier alpha value is -2.38. The molecule has 5 fully saturated rings. The lowest BCUT2D eigenvalue weighted by molar-refractivity contribution is -0.0167.